The fourth-order valence-corrected chi connectivity index (χ4v) is 4.91. The Morgan fingerprint density at radius 2 is 1.78 bits per heavy atom. The molecule has 0 saturated carbocycles. The molecule has 2 aromatic heterocycles. The molecule has 0 aliphatic carbocycles. The van der Waals surface area contributed by atoms with Crippen molar-refractivity contribution in [1.29, 1.82) is 0 Å². The number of ether oxygens (including phenoxy) is 3. The largest absolute Gasteiger partial charge is 0.491 e. The smallest absolute Gasteiger partial charge is 0.291 e. The van der Waals surface area contributed by atoms with Gasteiger partial charge in [-0.25, -0.2) is 9.97 Å². The molecule has 1 fully saturated rings. The molecule has 0 radical (unpaired) electrons. The first kappa shape index (κ1) is 36.7. The Morgan fingerprint density at radius 1 is 1.09 bits per heavy atom. The Bertz CT molecular complexity index is 1470. The van der Waals surface area contributed by atoms with Gasteiger partial charge in [-0.2, -0.15) is 0 Å². The van der Waals surface area contributed by atoms with E-state index in [-0.39, 0.29) is 11.6 Å². The lowest BCUT2D eigenvalue weighted by molar-refractivity contribution is -0.742. The lowest BCUT2D eigenvalue weighted by atomic mass is 10.1. The van der Waals surface area contributed by atoms with E-state index in [4.69, 9.17) is 68.1 Å². The van der Waals surface area contributed by atoms with Crippen LogP contribution in [0.15, 0.2) is 73.7 Å². The van der Waals surface area contributed by atoms with Crippen LogP contribution in [0.3, 0.4) is 0 Å². The van der Waals surface area contributed by atoms with Crippen molar-refractivity contribution in [1.82, 2.24) is 19.1 Å². The molecule has 0 spiro atoms. The third kappa shape index (κ3) is 11.2. The van der Waals surface area contributed by atoms with E-state index in [0.29, 0.717) is 35.4 Å². The van der Waals surface area contributed by atoms with Crippen molar-refractivity contribution in [2.45, 2.75) is 44.7 Å². The van der Waals surface area contributed by atoms with Crippen molar-refractivity contribution in [2.75, 3.05) is 13.2 Å². The molecule has 0 bridgehead atoms. The normalized spacial score (nSPS) is 16.7. The average Bonchev–Trinajstić information content (AvgIpc) is 3.73. The summed E-state index contributed by atoms with van der Waals surface area (Å²) in [5.41, 5.74) is 2.92. The van der Waals surface area contributed by atoms with Gasteiger partial charge < -0.3 is 39.2 Å². The second-order valence-corrected chi connectivity index (χ2v) is 10.1. The highest BCUT2D eigenvalue weighted by Crippen LogP contribution is 2.40. The molecule has 1 aliphatic heterocycles. The quantitative estimate of drug-likeness (QED) is 0.174. The maximum atomic E-state index is 8.36. The maximum absolute atomic E-state index is 8.36. The number of rotatable bonds is 10. The molecule has 2 atom stereocenters. The van der Waals surface area contributed by atoms with Crippen LogP contribution in [0.25, 0.3) is 11.3 Å². The summed E-state index contributed by atoms with van der Waals surface area (Å²) in [5, 5.41) is 28.3. The van der Waals surface area contributed by atoms with Crippen LogP contribution < -0.4 is 4.74 Å². The van der Waals surface area contributed by atoms with Crippen molar-refractivity contribution in [3.63, 3.8) is 0 Å². The van der Waals surface area contributed by atoms with Crippen LogP contribution in [0, 0.1) is 20.2 Å². The Kier molecular flexibility index (Phi) is 14.5. The lowest BCUT2D eigenvalue weighted by Crippen LogP contribution is -2.34. The lowest BCUT2D eigenvalue weighted by Gasteiger charge is -2.30. The zero-order valence-corrected chi connectivity index (χ0v) is 25.5. The van der Waals surface area contributed by atoms with Gasteiger partial charge in [0.25, 0.3) is 10.2 Å². The van der Waals surface area contributed by atoms with Gasteiger partial charge in [0.1, 0.15) is 18.5 Å². The number of aryl methyl sites for hydroxylation is 1. The molecule has 1 aliphatic rings. The highest BCUT2D eigenvalue weighted by molar-refractivity contribution is 6.35. The summed E-state index contributed by atoms with van der Waals surface area (Å²) in [6, 6.07) is 13.4. The molecular formula is C27H32Cl2N6O10. The second kappa shape index (κ2) is 17.7. The Hall–Kier alpha value is -4.48. The zero-order valence-electron chi connectivity index (χ0n) is 23.9. The van der Waals surface area contributed by atoms with Gasteiger partial charge in [-0.1, -0.05) is 42.6 Å². The van der Waals surface area contributed by atoms with Crippen molar-refractivity contribution in [2.24, 2.45) is 0 Å². The molecule has 5 rings (SSSR count). The van der Waals surface area contributed by atoms with E-state index in [0.717, 1.165) is 36.4 Å². The summed E-state index contributed by atoms with van der Waals surface area (Å²) in [6.45, 7) is 4.24. The van der Waals surface area contributed by atoms with Crippen LogP contribution in [0.1, 0.15) is 25.3 Å². The molecule has 4 N–H and O–H groups in total. The van der Waals surface area contributed by atoms with Crippen LogP contribution in [0.4, 0.5) is 0 Å². The number of hydrogen-bond donors (Lipinski definition) is 2. The molecule has 18 heteroatoms. The summed E-state index contributed by atoms with van der Waals surface area (Å²) in [5.74, 6) is -0.310. The topological polar surface area (TPSA) is 222 Å². The van der Waals surface area contributed by atoms with Crippen molar-refractivity contribution in [3.8, 4) is 17.0 Å². The minimum absolute atomic E-state index is 0. The SMILES string of the molecule is CCCCn1cncc1-c1ccc(OC[C@@H]2CO[C@@](Cn3ccnc3)(c3ccc(Cl)cc3Cl)O2)cc1.O.O=[N+]([O-])O.O=[N+]([O-])O. The monoisotopic (exact) mass is 670 g/mol. The van der Waals surface area contributed by atoms with Gasteiger partial charge in [0.2, 0.25) is 5.79 Å². The molecular weight excluding hydrogens is 639 g/mol. The fourth-order valence-electron chi connectivity index (χ4n) is 4.35. The van der Waals surface area contributed by atoms with E-state index in [1.165, 1.54) is 0 Å². The van der Waals surface area contributed by atoms with Crippen LogP contribution in [0.5, 0.6) is 5.75 Å². The minimum Gasteiger partial charge on any atom is -0.491 e. The summed E-state index contributed by atoms with van der Waals surface area (Å²) in [7, 11) is 0. The zero-order chi connectivity index (χ0) is 32.1. The van der Waals surface area contributed by atoms with Crippen molar-refractivity contribution in [3.05, 3.63) is 110 Å². The van der Waals surface area contributed by atoms with Gasteiger partial charge in [0.05, 0.1) is 42.7 Å². The second-order valence-electron chi connectivity index (χ2n) is 9.30. The Morgan fingerprint density at radius 3 is 2.38 bits per heavy atom. The number of hydrogen-bond acceptors (Lipinski definition) is 9. The van der Waals surface area contributed by atoms with Gasteiger partial charge in [0, 0.05) is 35.1 Å². The maximum Gasteiger partial charge on any atom is 0.291 e. The number of unbranched alkanes of at least 4 members (excludes halogenated alkanes) is 1. The van der Waals surface area contributed by atoms with Gasteiger partial charge in [-0.3, -0.25) is 0 Å². The Labute approximate surface area is 266 Å². The van der Waals surface area contributed by atoms with Crippen molar-refractivity contribution >= 4 is 23.2 Å². The number of imidazole rings is 2. The van der Waals surface area contributed by atoms with E-state index < -0.39 is 16.0 Å². The molecule has 1 saturated heterocycles. The molecule has 16 nitrogen and oxygen atoms in total. The van der Waals surface area contributed by atoms with E-state index in [1.54, 1.807) is 24.7 Å². The highest BCUT2D eigenvalue weighted by atomic mass is 35.5. The van der Waals surface area contributed by atoms with Crippen LogP contribution >= 0.6 is 23.2 Å². The number of nitrogens with zero attached hydrogens (tertiary/aromatic N) is 6. The molecule has 45 heavy (non-hydrogen) atoms. The van der Waals surface area contributed by atoms with E-state index in [9.17, 15) is 0 Å². The molecule has 3 heterocycles. The summed E-state index contributed by atoms with van der Waals surface area (Å²) in [4.78, 5) is 25.2. The van der Waals surface area contributed by atoms with Crippen LogP contribution in [-0.2, 0) is 28.4 Å². The number of benzene rings is 2. The van der Waals surface area contributed by atoms with Gasteiger partial charge in [-0.05, 0) is 42.8 Å². The van der Waals surface area contributed by atoms with Gasteiger partial charge in [-0.15, -0.1) is 20.2 Å². The number of halogens is 2. The predicted molar refractivity (Wildman–Crippen MR) is 160 cm³/mol. The van der Waals surface area contributed by atoms with E-state index >= 15 is 0 Å². The molecule has 0 amide bonds. The summed E-state index contributed by atoms with van der Waals surface area (Å²) >= 11 is 12.7. The summed E-state index contributed by atoms with van der Waals surface area (Å²) in [6.07, 6.45) is 11.1. The summed E-state index contributed by atoms with van der Waals surface area (Å²) < 4.78 is 22.9. The average molecular weight is 671 g/mol. The number of aromatic nitrogens is 4. The first-order chi connectivity index (χ1) is 21.0. The first-order valence-electron chi connectivity index (χ1n) is 13.2. The van der Waals surface area contributed by atoms with Gasteiger partial charge >= 0.3 is 0 Å². The van der Waals surface area contributed by atoms with Crippen LogP contribution in [-0.4, -0.2) is 64.5 Å². The minimum atomic E-state index is -1.50. The molecule has 4 aromatic rings. The Balaban J connectivity index is 0.000000704. The third-order valence-electron chi connectivity index (χ3n) is 6.20. The molecule has 244 valence electrons. The van der Waals surface area contributed by atoms with E-state index in [1.807, 2.05) is 41.5 Å². The predicted octanol–water partition coefficient (Wildman–Crippen LogP) is 4.68. The van der Waals surface area contributed by atoms with Gasteiger partial charge in [0.15, 0.2) is 0 Å². The third-order valence-corrected chi connectivity index (χ3v) is 6.75. The fraction of sp³-hybridized carbons (Fsp3) is 0.333. The van der Waals surface area contributed by atoms with Crippen LogP contribution in [0.2, 0.25) is 10.0 Å². The van der Waals surface area contributed by atoms with E-state index in [2.05, 4.69) is 33.6 Å². The highest BCUT2D eigenvalue weighted by Gasteiger charge is 2.45. The van der Waals surface area contributed by atoms with Crippen molar-refractivity contribution < 1.29 is 40.3 Å². The standard InChI is InChI=1S/C27H28Cl2N4O3.2HNO3.H2O/c1-2-3-11-33-19-31-14-26(33)20-4-7-22(8-5-20)34-15-23-16-35-27(36-23,17-32-12-10-30-18-32)24-9-6-21(28)13-25(24)29;2*2-1(3)4;/h4-10,12-14,18-19,23H,2-3,11,15-17H2,1H3;2*(H,2,3,4);1H2/t23-,27-;;;/m1.../s1. The molecule has 0 unspecified atom stereocenters. The molecule has 2 aromatic carbocycles. The first-order valence-corrected chi connectivity index (χ1v) is 13.9.